The van der Waals surface area contributed by atoms with E-state index in [0.717, 1.165) is 6.54 Å². The summed E-state index contributed by atoms with van der Waals surface area (Å²) in [4.78, 5) is 0. The first-order valence-electron chi connectivity index (χ1n) is 7.48. The van der Waals surface area contributed by atoms with E-state index in [0.29, 0.717) is 12.0 Å². The maximum Gasteiger partial charge on any atom is 0.00931 e. The molecule has 0 radical (unpaired) electrons. The third kappa shape index (κ3) is 5.22. The zero-order valence-corrected chi connectivity index (χ0v) is 12.5. The highest BCUT2D eigenvalue weighted by Gasteiger charge is 2.11. The van der Waals surface area contributed by atoms with Gasteiger partial charge in [0, 0.05) is 6.04 Å². The molecule has 0 fully saturated rings. The van der Waals surface area contributed by atoms with Crippen LogP contribution in [0.1, 0.15) is 51.7 Å². The fraction of sp³-hybridized carbons (Fsp3) is 0.647. The predicted molar refractivity (Wildman–Crippen MR) is 81.1 cm³/mol. The van der Waals surface area contributed by atoms with Crippen molar-refractivity contribution in [1.82, 2.24) is 5.32 Å². The smallest absolute Gasteiger partial charge is 0.00931 e. The van der Waals surface area contributed by atoms with E-state index >= 15 is 0 Å². The van der Waals surface area contributed by atoms with Gasteiger partial charge in [-0.3, -0.25) is 0 Å². The Morgan fingerprint density at radius 1 is 0.944 bits per heavy atom. The maximum atomic E-state index is 3.58. The average molecular weight is 247 g/mol. The lowest BCUT2D eigenvalue weighted by molar-refractivity contribution is 0.385. The fourth-order valence-electron chi connectivity index (χ4n) is 2.42. The molecule has 102 valence electrons. The third-order valence-corrected chi connectivity index (χ3v) is 3.58. The van der Waals surface area contributed by atoms with Gasteiger partial charge in [0.05, 0.1) is 0 Å². The van der Waals surface area contributed by atoms with Gasteiger partial charge in [0.25, 0.3) is 0 Å². The van der Waals surface area contributed by atoms with Gasteiger partial charge in [0.15, 0.2) is 0 Å². The first kappa shape index (κ1) is 15.2. The lowest BCUT2D eigenvalue weighted by Gasteiger charge is -2.21. The van der Waals surface area contributed by atoms with Crippen molar-refractivity contribution in [2.45, 2.75) is 59.4 Å². The molecular weight excluding hydrogens is 218 g/mol. The molecule has 0 saturated heterocycles. The summed E-state index contributed by atoms with van der Waals surface area (Å²) in [5, 5.41) is 3.58. The van der Waals surface area contributed by atoms with Gasteiger partial charge in [-0.05, 0) is 42.9 Å². The summed E-state index contributed by atoms with van der Waals surface area (Å²) in [7, 11) is 0. The number of benzene rings is 1. The second kappa shape index (κ2) is 8.31. The Labute approximate surface area is 113 Å². The van der Waals surface area contributed by atoms with E-state index < -0.39 is 0 Å². The van der Waals surface area contributed by atoms with Crippen molar-refractivity contribution in [2.24, 2.45) is 5.92 Å². The summed E-state index contributed by atoms with van der Waals surface area (Å²) in [6.07, 6.45) is 4.85. The van der Waals surface area contributed by atoms with Crippen molar-refractivity contribution < 1.29 is 0 Å². The SMILES string of the molecule is CCCc1ccc(CCC(NCC)C(C)C)cc1. The lowest BCUT2D eigenvalue weighted by Crippen LogP contribution is -2.34. The van der Waals surface area contributed by atoms with Crippen LogP contribution < -0.4 is 5.32 Å². The van der Waals surface area contributed by atoms with Crippen LogP contribution in [-0.4, -0.2) is 12.6 Å². The minimum absolute atomic E-state index is 0.644. The molecule has 1 unspecified atom stereocenters. The average Bonchev–Trinajstić information content (AvgIpc) is 2.36. The van der Waals surface area contributed by atoms with E-state index in [-0.39, 0.29) is 0 Å². The van der Waals surface area contributed by atoms with Crippen molar-refractivity contribution in [2.75, 3.05) is 6.54 Å². The molecule has 1 rings (SSSR count). The molecule has 0 heterocycles. The molecule has 1 N–H and O–H groups in total. The van der Waals surface area contributed by atoms with Gasteiger partial charge in [0.1, 0.15) is 0 Å². The molecule has 0 bridgehead atoms. The van der Waals surface area contributed by atoms with E-state index in [1.54, 1.807) is 0 Å². The molecule has 0 amide bonds. The zero-order chi connectivity index (χ0) is 13.4. The van der Waals surface area contributed by atoms with Crippen LogP contribution in [0.15, 0.2) is 24.3 Å². The minimum atomic E-state index is 0.644. The quantitative estimate of drug-likeness (QED) is 0.726. The number of hydrogen-bond donors (Lipinski definition) is 1. The maximum absolute atomic E-state index is 3.58. The molecule has 0 aliphatic carbocycles. The van der Waals surface area contributed by atoms with Crippen LogP contribution in [0.25, 0.3) is 0 Å². The van der Waals surface area contributed by atoms with Crippen LogP contribution >= 0.6 is 0 Å². The van der Waals surface area contributed by atoms with Gasteiger partial charge in [-0.1, -0.05) is 58.4 Å². The Balaban J connectivity index is 2.46. The highest BCUT2D eigenvalue weighted by atomic mass is 14.9. The summed E-state index contributed by atoms with van der Waals surface area (Å²) in [6, 6.07) is 9.82. The normalized spacial score (nSPS) is 12.9. The third-order valence-electron chi connectivity index (χ3n) is 3.58. The molecule has 18 heavy (non-hydrogen) atoms. The Kier molecular flexibility index (Phi) is 7.04. The first-order valence-corrected chi connectivity index (χ1v) is 7.48. The Morgan fingerprint density at radius 3 is 1.94 bits per heavy atom. The van der Waals surface area contributed by atoms with Crippen molar-refractivity contribution in [3.05, 3.63) is 35.4 Å². The predicted octanol–water partition coefficient (Wildman–Crippen LogP) is 4.21. The van der Waals surface area contributed by atoms with Crippen molar-refractivity contribution in [1.29, 1.82) is 0 Å². The van der Waals surface area contributed by atoms with E-state index in [2.05, 4.69) is 57.3 Å². The van der Waals surface area contributed by atoms with Crippen LogP contribution in [0.4, 0.5) is 0 Å². The van der Waals surface area contributed by atoms with Gasteiger partial charge in [0.2, 0.25) is 0 Å². The van der Waals surface area contributed by atoms with Gasteiger partial charge < -0.3 is 5.32 Å². The molecule has 1 aromatic carbocycles. The fourth-order valence-corrected chi connectivity index (χ4v) is 2.42. The lowest BCUT2D eigenvalue weighted by atomic mass is 9.96. The number of rotatable bonds is 8. The molecule has 0 aliphatic rings. The molecule has 0 saturated carbocycles. The van der Waals surface area contributed by atoms with Crippen molar-refractivity contribution >= 4 is 0 Å². The van der Waals surface area contributed by atoms with Gasteiger partial charge in [-0.2, -0.15) is 0 Å². The number of hydrogen-bond acceptors (Lipinski definition) is 1. The molecule has 0 spiro atoms. The molecular formula is C17H29N. The number of aryl methyl sites for hydroxylation is 2. The largest absolute Gasteiger partial charge is 0.314 e. The highest BCUT2D eigenvalue weighted by Crippen LogP contribution is 2.13. The summed E-state index contributed by atoms with van der Waals surface area (Å²) in [5.41, 5.74) is 2.94. The van der Waals surface area contributed by atoms with Gasteiger partial charge in [-0.15, -0.1) is 0 Å². The summed E-state index contributed by atoms with van der Waals surface area (Å²) in [5.74, 6) is 0.712. The summed E-state index contributed by atoms with van der Waals surface area (Å²) >= 11 is 0. The van der Waals surface area contributed by atoms with Gasteiger partial charge in [-0.25, -0.2) is 0 Å². The Hall–Kier alpha value is -0.820. The van der Waals surface area contributed by atoms with E-state index in [9.17, 15) is 0 Å². The first-order chi connectivity index (χ1) is 8.67. The van der Waals surface area contributed by atoms with Crippen LogP contribution in [0.5, 0.6) is 0 Å². The van der Waals surface area contributed by atoms with Gasteiger partial charge >= 0.3 is 0 Å². The summed E-state index contributed by atoms with van der Waals surface area (Å²) in [6.45, 7) is 10.1. The van der Waals surface area contributed by atoms with Crippen LogP contribution in [0.2, 0.25) is 0 Å². The highest BCUT2D eigenvalue weighted by molar-refractivity contribution is 5.22. The molecule has 0 aliphatic heterocycles. The van der Waals surface area contributed by atoms with Crippen LogP contribution in [0, 0.1) is 5.92 Å². The second-order valence-electron chi connectivity index (χ2n) is 5.51. The van der Waals surface area contributed by atoms with Crippen LogP contribution in [0.3, 0.4) is 0 Å². The zero-order valence-electron chi connectivity index (χ0n) is 12.5. The van der Waals surface area contributed by atoms with E-state index in [4.69, 9.17) is 0 Å². The standard InChI is InChI=1S/C17H29N/c1-5-7-15-8-10-16(11-9-15)12-13-17(14(3)4)18-6-2/h8-11,14,17-18H,5-7,12-13H2,1-4H3. The molecule has 1 heteroatoms. The molecule has 1 aromatic rings. The Morgan fingerprint density at radius 2 is 1.50 bits per heavy atom. The molecule has 1 nitrogen and oxygen atoms in total. The summed E-state index contributed by atoms with van der Waals surface area (Å²) < 4.78 is 0. The van der Waals surface area contributed by atoms with E-state index in [1.807, 2.05) is 0 Å². The van der Waals surface area contributed by atoms with Crippen molar-refractivity contribution in [3.8, 4) is 0 Å². The van der Waals surface area contributed by atoms with Crippen LogP contribution in [-0.2, 0) is 12.8 Å². The van der Waals surface area contributed by atoms with Crippen molar-refractivity contribution in [3.63, 3.8) is 0 Å². The Bertz CT molecular complexity index is 313. The molecule has 0 aromatic heterocycles. The topological polar surface area (TPSA) is 12.0 Å². The van der Waals surface area contributed by atoms with E-state index in [1.165, 1.54) is 36.8 Å². The monoisotopic (exact) mass is 247 g/mol. The minimum Gasteiger partial charge on any atom is -0.314 e. The molecule has 1 atom stereocenters. The second-order valence-corrected chi connectivity index (χ2v) is 5.51. The number of nitrogens with one attached hydrogen (secondary N) is 1.